The molecule has 34 heavy (non-hydrogen) atoms. The van der Waals surface area contributed by atoms with Gasteiger partial charge in [-0.15, -0.1) is 0 Å². The van der Waals surface area contributed by atoms with E-state index < -0.39 is 28.5 Å². The molecule has 2 aromatic rings. The number of carbonyl (C=O) groups is 2. The lowest BCUT2D eigenvalue weighted by Gasteiger charge is -2.33. The van der Waals surface area contributed by atoms with Gasteiger partial charge in [0.25, 0.3) is 0 Å². The van der Waals surface area contributed by atoms with Crippen LogP contribution >= 0.6 is 11.6 Å². The molecule has 1 unspecified atom stereocenters. The van der Waals surface area contributed by atoms with Crippen LogP contribution in [0.3, 0.4) is 0 Å². The van der Waals surface area contributed by atoms with Crippen molar-refractivity contribution in [2.24, 2.45) is 5.92 Å². The Bertz CT molecular complexity index is 1100. The summed E-state index contributed by atoms with van der Waals surface area (Å²) in [6, 6.07) is 13.3. The highest BCUT2D eigenvalue weighted by Gasteiger charge is 2.31. The zero-order chi connectivity index (χ0) is 25.5. The first-order chi connectivity index (χ1) is 15.9. The lowest BCUT2D eigenvalue weighted by molar-refractivity contribution is -0.140. The third-order valence-electron chi connectivity index (χ3n) is 5.28. The molecule has 186 valence electrons. The number of hydrogen-bond acceptors (Lipinski definition) is 4. The number of amides is 2. The van der Waals surface area contributed by atoms with Gasteiger partial charge in [-0.25, -0.2) is 8.42 Å². The average molecular weight is 508 g/mol. The van der Waals surface area contributed by atoms with Crippen molar-refractivity contribution in [2.75, 3.05) is 23.7 Å². The summed E-state index contributed by atoms with van der Waals surface area (Å²) in [5.74, 6) is -0.477. The topological polar surface area (TPSA) is 86.8 Å². The van der Waals surface area contributed by atoms with Gasteiger partial charge in [0.05, 0.1) is 11.9 Å². The van der Waals surface area contributed by atoms with Crippen LogP contribution in [0.4, 0.5) is 5.69 Å². The van der Waals surface area contributed by atoms with Crippen LogP contribution in [0.5, 0.6) is 0 Å². The van der Waals surface area contributed by atoms with Crippen molar-refractivity contribution in [1.29, 1.82) is 0 Å². The molecule has 0 spiro atoms. The summed E-state index contributed by atoms with van der Waals surface area (Å²) in [4.78, 5) is 28.1. The molecule has 2 aromatic carbocycles. The smallest absolute Gasteiger partial charge is 0.244 e. The molecular formula is C25H34ClN3O4S. The summed E-state index contributed by atoms with van der Waals surface area (Å²) < 4.78 is 26.2. The second-order valence-electron chi connectivity index (χ2n) is 8.82. The number of benzene rings is 2. The van der Waals surface area contributed by atoms with Crippen LogP contribution < -0.4 is 9.62 Å². The first-order valence-electron chi connectivity index (χ1n) is 11.3. The maximum absolute atomic E-state index is 13.6. The van der Waals surface area contributed by atoms with Crippen LogP contribution in [0.25, 0.3) is 0 Å². The van der Waals surface area contributed by atoms with Gasteiger partial charge in [0.15, 0.2) is 0 Å². The first kappa shape index (κ1) is 27.7. The summed E-state index contributed by atoms with van der Waals surface area (Å²) >= 11 is 6.07. The van der Waals surface area contributed by atoms with Gasteiger partial charge in [-0.1, -0.05) is 68.3 Å². The highest BCUT2D eigenvalue weighted by Crippen LogP contribution is 2.23. The third kappa shape index (κ3) is 8.02. The second-order valence-corrected chi connectivity index (χ2v) is 11.2. The molecule has 0 bridgehead atoms. The Morgan fingerprint density at radius 2 is 1.76 bits per heavy atom. The van der Waals surface area contributed by atoms with E-state index in [2.05, 4.69) is 5.32 Å². The molecular weight excluding hydrogens is 474 g/mol. The van der Waals surface area contributed by atoms with Crippen molar-refractivity contribution in [2.45, 2.75) is 46.7 Å². The number of halogens is 1. The van der Waals surface area contributed by atoms with Gasteiger partial charge >= 0.3 is 0 Å². The molecule has 0 aliphatic carbocycles. The number of rotatable bonds is 11. The van der Waals surface area contributed by atoms with Crippen LogP contribution in [-0.2, 0) is 26.2 Å². The predicted octanol–water partition coefficient (Wildman–Crippen LogP) is 3.99. The van der Waals surface area contributed by atoms with Crippen molar-refractivity contribution in [3.63, 3.8) is 0 Å². The maximum atomic E-state index is 13.6. The third-order valence-corrected chi connectivity index (χ3v) is 6.66. The summed E-state index contributed by atoms with van der Waals surface area (Å²) in [6.45, 7) is 7.99. The van der Waals surface area contributed by atoms with Crippen LogP contribution in [0.15, 0.2) is 48.5 Å². The number of nitrogens with one attached hydrogen (secondary N) is 1. The average Bonchev–Trinajstić information content (AvgIpc) is 2.75. The van der Waals surface area contributed by atoms with Crippen molar-refractivity contribution in [3.8, 4) is 0 Å². The molecule has 2 amide bonds. The number of sulfonamides is 1. The van der Waals surface area contributed by atoms with Crippen molar-refractivity contribution in [3.05, 3.63) is 64.7 Å². The molecule has 0 aromatic heterocycles. The SMILES string of the molecule is CCC(C(=O)NCC(C)C)N(Cc1cccc(C)c1)C(=O)CN(c1cccc(Cl)c1)S(C)(=O)=O. The monoisotopic (exact) mass is 507 g/mol. The van der Waals surface area contributed by atoms with E-state index in [0.29, 0.717) is 18.0 Å². The Kier molecular flexibility index (Phi) is 9.94. The van der Waals surface area contributed by atoms with Gasteiger partial charge in [-0.3, -0.25) is 13.9 Å². The molecule has 2 rings (SSSR count). The van der Waals surface area contributed by atoms with Gasteiger partial charge in [-0.05, 0) is 43.0 Å². The van der Waals surface area contributed by atoms with Crippen LogP contribution in [-0.4, -0.2) is 50.5 Å². The summed E-state index contributed by atoms with van der Waals surface area (Å²) in [5, 5.41) is 3.26. The Hall–Kier alpha value is -2.58. The largest absolute Gasteiger partial charge is 0.354 e. The molecule has 1 N–H and O–H groups in total. The first-order valence-corrected chi connectivity index (χ1v) is 13.5. The van der Waals surface area contributed by atoms with E-state index in [1.165, 1.54) is 11.0 Å². The van der Waals surface area contributed by atoms with E-state index in [4.69, 9.17) is 11.6 Å². The van der Waals surface area contributed by atoms with Crippen LogP contribution in [0.2, 0.25) is 5.02 Å². The van der Waals surface area contributed by atoms with E-state index in [0.717, 1.165) is 21.7 Å². The standard InChI is InChI=1S/C25H34ClN3O4S/c1-6-23(25(31)27-15-18(2)3)28(16-20-10-7-9-19(4)13-20)24(30)17-29(34(5,32)33)22-12-8-11-21(26)14-22/h7-14,18,23H,6,15-17H2,1-5H3,(H,27,31). The number of carbonyl (C=O) groups excluding carboxylic acids is 2. The van der Waals surface area contributed by atoms with Gasteiger partial charge in [-0.2, -0.15) is 0 Å². The highest BCUT2D eigenvalue weighted by atomic mass is 35.5. The zero-order valence-electron chi connectivity index (χ0n) is 20.4. The van der Waals surface area contributed by atoms with Gasteiger partial charge in [0.1, 0.15) is 12.6 Å². The fourth-order valence-corrected chi connectivity index (χ4v) is 4.62. The molecule has 0 radical (unpaired) electrons. The van der Waals surface area contributed by atoms with Crippen LogP contribution in [0, 0.1) is 12.8 Å². The van der Waals surface area contributed by atoms with E-state index in [1.807, 2.05) is 52.0 Å². The fraction of sp³-hybridized carbons (Fsp3) is 0.440. The lowest BCUT2D eigenvalue weighted by atomic mass is 10.1. The lowest BCUT2D eigenvalue weighted by Crippen LogP contribution is -2.52. The minimum absolute atomic E-state index is 0.182. The molecule has 0 heterocycles. The van der Waals surface area contributed by atoms with Crippen molar-refractivity contribution >= 4 is 39.1 Å². The van der Waals surface area contributed by atoms with Crippen LogP contribution in [0.1, 0.15) is 38.3 Å². The zero-order valence-corrected chi connectivity index (χ0v) is 22.0. The highest BCUT2D eigenvalue weighted by molar-refractivity contribution is 7.92. The fourth-order valence-electron chi connectivity index (χ4n) is 3.59. The van der Waals surface area contributed by atoms with E-state index in [1.54, 1.807) is 18.2 Å². The molecule has 0 aliphatic rings. The van der Waals surface area contributed by atoms with Gasteiger partial charge in [0, 0.05) is 18.1 Å². The Balaban J connectivity index is 2.42. The quantitative estimate of drug-likeness (QED) is 0.498. The van der Waals surface area contributed by atoms with Gasteiger partial charge in [0.2, 0.25) is 21.8 Å². The maximum Gasteiger partial charge on any atom is 0.244 e. The van der Waals surface area contributed by atoms with Crippen molar-refractivity contribution < 1.29 is 18.0 Å². The van der Waals surface area contributed by atoms with E-state index in [9.17, 15) is 18.0 Å². The van der Waals surface area contributed by atoms with E-state index in [-0.39, 0.29) is 24.1 Å². The van der Waals surface area contributed by atoms with Crippen molar-refractivity contribution in [1.82, 2.24) is 10.2 Å². The Morgan fingerprint density at radius 3 is 2.32 bits per heavy atom. The number of aryl methyl sites for hydroxylation is 1. The number of nitrogens with zero attached hydrogens (tertiary/aromatic N) is 2. The summed E-state index contributed by atoms with van der Waals surface area (Å²) in [6.07, 6.45) is 1.43. The molecule has 9 heteroatoms. The molecule has 7 nitrogen and oxygen atoms in total. The minimum atomic E-state index is -3.79. The molecule has 1 atom stereocenters. The van der Waals surface area contributed by atoms with E-state index >= 15 is 0 Å². The van der Waals surface area contributed by atoms with Gasteiger partial charge < -0.3 is 10.2 Å². The normalized spacial score (nSPS) is 12.3. The Morgan fingerprint density at radius 1 is 1.09 bits per heavy atom. The second kappa shape index (κ2) is 12.2. The minimum Gasteiger partial charge on any atom is -0.354 e. The Labute approximate surface area is 208 Å². The summed E-state index contributed by atoms with van der Waals surface area (Å²) in [5.41, 5.74) is 2.17. The number of hydrogen-bond donors (Lipinski definition) is 1. The number of anilines is 1. The molecule has 0 aliphatic heterocycles. The molecule has 0 fully saturated rings. The summed E-state index contributed by atoms with van der Waals surface area (Å²) in [7, 11) is -3.79. The molecule has 0 saturated carbocycles. The predicted molar refractivity (Wildman–Crippen MR) is 137 cm³/mol. The molecule has 0 saturated heterocycles.